The number of hydrogen-bond donors (Lipinski definition) is 2. The summed E-state index contributed by atoms with van der Waals surface area (Å²) in [6, 6.07) is 8.31. The van der Waals surface area contributed by atoms with Crippen LogP contribution in [0, 0.1) is 0 Å². The van der Waals surface area contributed by atoms with Crippen molar-refractivity contribution in [2.75, 3.05) is 13.7 Å². The number of hydrogen-bond acceptors (Lipinski definition) is 3. The standard InChI is InChI=1S/C18H24N2O3/c1-22-13-4-2-12(3-5-13)18(8-9-18)11-19-17(21)20-15-10-14-6-7-16(15)23-14/h2-5,14-16H,6-11H2,1H3,(H2,19,20,21)/t14-,15+,16-/m1/s1. The SMILES string of the molecule is COc1ccc(C2(CNC(=O)N[C@H]3C[C@H]4CC[C@H]3O4)CC2)cc1. The number of benzene rings is 1. The van der Waals surface area contributed by atoms with Gasteiger partial charge in [-0.05, 0) is 49.8 Å². The van der Waals surface area contributed by atoms with E-state index in [4.69, 9.17) is 9.47 Å². The van der Waals surface area contributed by atoms with Gasteiger partial charge in [-0.3, -0.25) is 0 Å². The van der Waals surface area contributed by atoms with Gasteiger partial charge in [0.2, 0.25) is 0 Å². The molecule has 0 aromatic heterocycles. The molecule has 2 aliphatic heterocycles. The second-order valence-electron chi connectivity index (χ2n) is 7.05. The Kier molecular flexibility index (Phi) is 3.68. The molecular formula is C18H24N2O3. The van der Waals surface area contributed by atoms with Gasteiger partial charge in [0.15, 0.2) is 0 Å². The minimum atomic E-state index is -0.0639. The molecule has 5 nitrogen and oxygen atoms in total. The molecule has 2 bridgehead atoms. The summed E-state index contributed by atoms with van der Waals surface area (Å²) in [6.45, 7) is 0.687. The van der Waals surface area contributed by atoms with E-state index in [0.29, 0.717) is 12.6 Å². The van der Waals surface area contributed by atoms with Crippen molar-refractivity contribution in [1.29, 1.82) is 0 Å². The summed E-state index contributed by atoms with van der Waals surface area (Å²) in [6.07, 6.45) is 6.01. The van der Waals surface area contributed by atoms with Crippen LogP contribution in [0.1, 0.15) is 37.7 Å². The van der Waals surface area contributed by atoms with Crippen LogP contribution in [-0.4, -0.2) is 37.9 Å². The van der Waals surface area contributed by atoms with Crippen molar-refractivity contribution in [3.05, 3.63) is 29.8 Å². The number of ether oxygens (including phenoxy) is 2. The summed E-state index contributed by atoms with van der Waals surface area (Å²) >= 11 is 0. The fourth-order valence-corrected chi connectivity index (χ4v) is 3.92. The normalized spacial score (nSPS) is 30.0. The highest BCUT2D eigenvalue weighted by Crippen LogP contribution is 2.47. The van der Waals surface area contributed by atoms with Crippen LogP contribution in [0.15, 0.2) is 24.3 Å². The van der Waals surface area contributed by atoms with Gasteiger partial charge in [0.1, 0.15) is 5.75 Å². The first-order chi connectivity index (χ1) is 11.2. The zero-order valence-electron chi connectivity index (χ0n) is 13.5. The summed E-state index contributed by atoms with van der Waals surface area (Å²) < 4.78 is 11.0. The van der Waals surface area contributed by atoms with Gasteiger partial charge in [-0.25, -0.2) is 4.79 Å². The second-order valence-corrected chi connectivity index (χ2v) is 7.05. The van der Waals surface area contributed by atoms with Gasteiger partial charge in [0.05, 0.1) is 25.4 Å². The van der Waals surface area contributed by atoms with Crippen molar-refractivity contribution in [2.45, 2.75) is 55.8 Å². The largest absolute Gasteiger partial charge is 0.497 e. The minimum absolute atomic E-state index is 0.0639. The Balaban J connectivity index is 1.30. The predicted molar refractivity (Wildman–Crippen MR) is 86.7 cm³/mol. The van der Waals surface area contributed by atoms with E-state index in [-0.39, 0.29) is 23.6 Å². The van der Waals surface area contributed by atoms with Gasteiger partial charge in [-0.15, -0.1) is 0 Å². The summed E-state index contributed by atoms with van der Waals surface area (Å²) in [7, 11) is 1.67. The molecule has 3 aliphatic rings. The highest BCUT2D eigenvalue weighted by molar-refractivity contribution is 5.74. The second kappa shape index (κ2) is 5.71. The summed E-state index contributed by atoms with van der Waals surface area (Å²) in [5, 5.41) is 6.15. The van der Waals surface area contributed by atoms with Gasteiger partial charge in [0.25, 0.3) is 0 Å². The molecule has 1 saturated carbocycles. The van der Waals surface area contributed by atoms with Crippen LogP contribution in [0.2, 0.25) is 0 Å². The molecule has 1 aromatic carbocycles. The number of carbonyl (C=O) groups is 1. The van der Waals surface area contributed by atoms with Crippen LogP contribution in [-0.2, 0) is 10.2 Å². The maximum Gasteiger partial charge on any atom is 0.315 e. The Morgan fingerprint density at radius 1 is 1.30 bits per heavy atom. The zero-order valence-corrected chi connectivity index (χ0v) is 13.5. The van der Waals surface area contributed by atoms with E-state index in [0.717, 1.165) is 37.9 Å². The van der Waals surface area contributed by atoms with E-state index in [1.165, 1.54) is 5.56 Å². The van der Waals surface area contributed by atoms with Crippen LogP contribution < -0.4 is 15.4 Å². The molecule has 2 N–H and O–H groups in total. The summed E-state index contributed by atoms with van der Waals surface area (Å²) in [5.41, 5.74) is 1.39. The molecule has 2 heterocycles. The number of nitrogens with one attached hydrogen (secondary N) is 2. The summed E-state index contributed by atoms with van der Waals surface area (Å²) in [5.74, 6) is 0.867. The van der Waals surface area contributed by atoms with Crippen molar-refractivity contribution in [3.63, 3.8) is 0 Å². The van der Waals surface area contributed by atoms with Crippen LogP contribution in [0.3, 0.4) is 0 Å². The van der Waals surface area contributed by atoms with Crippen molar-refractivity contribution in [1.82, 2.24) is 10.6 Å². The molecular weight excluding hydrogens is 292 g/mol. The van der Waals surface area contributed by atoms with Gasteiger partial charge >= 0.3 is 6.03 Å². The van der Waals surface area contributed by atoms with Crippen LogP contribution in [0.5, 0.6) is 5.75 Å². The van der Waals surface area contributed by atoms with E-state index in [1.807, 2.05) is 12.1 Å². The minimum Gasteiger partial charge on any atom is -0.497 e. The zero-order chi connectivity index (χ0) is 15.9. The first-order valence-electron chi connectivity index (χ1n) is 8.53. The maximum absolute atomic E-state index is 12.2. The quantitative estimate of drug-likeness (QED) is 0.876. The Hall–Kier alpha value is -1.75. The summed E-state index contributed by atoms with van der Waals surface area (Å²) in [4.78, 5) is 12.2. The van der Waals surface area contributed by atoms with Gasteiger partial charge in [0, 0.05) is 12.0 Å². The van der Waals surface area contributed by atoms with Crippen LogP contribution in [0.4, 0.5) is 4.79 Å². The van der Waals surface area contributed by atoms with E-state index < -0.39 is 0 Å². The highest BCUT2D eigenvalue weighted by atomic mass is 16.5. The average Bonchev–Trinajstić information content (AvgIpc) is 3.09. The first-order valence-corrected chi connectivity index (χ1v) is 8.53. The molecule has 4 rings (SSSR count). The molecule has 2 amide bonds. The molecule has 3 atom stereocenters. The Labute approximate surface area is 136 Å². The number of fused-ring (bicyclic) bond motifs is 2. The molecule has 0 spiro atoms. The number of rotatable bonds is 5. The molecule has 1 aliphatic carbocycles. The maximum atomic E-state index is 12.2. The number of methoxy groups -OCH3 is 1. The van der Waals surface area contributed by atoms with Crippen molar-refractivity contribution in [2.24, 2.45) is 0 Å². The van der Waals surface area contributed by atoms with Gasteiger partial charge in [-0.1, -0.05) is 12.1 Å². The molecule has 2 saturated heterocycles. The number of amides is 2. The third kappa shape index (κ3) is 2.90. The predicted octanol–water partition coefficient (Wildman–Crippen LogP) is 2.35. The lowest BCUT2D eigenvalue weighted by atomic mass is 9.95. The molecule has 23 heavy (non-hydrogen) atoms. The Morgan fingerprint density at radius 3 is 2.65 bits per heavy atom. The number of carbonyl (C=O) groups excluding carboxylic acids is 1. The fraction of sp³-hybridized carbons (Fsp3) is 0.611. The molecule has 3 fully saturated rings. The molecule has 1 aromatic rings. The van der Waals surface area contributed by atoms with Gasteiger partial charge in [-0.2, -0.15) is 0 Å². The Morgan fingerprint density at radius 2 is 2.09 bits per heavy atom. The van der Waals surface area contributed by atoms with E-state index in [9.17, 15) is 4.79 Å². The van der Waals surface area contributed by atoms with E-state index >= 15 is 0 Å². The van der Waals surface area contributed by atoms with Crippen molar-refractivity contribution >= 4 is 6.03 Å². The average molecular weight is 316 g/mol. The van der Waals surface area contributed by atoms with Crippen LogP contribution in [0.25, 0.3) is 0 Å². The Bertz CT molecular complexity index is 582. The molecule has 0 unspecified atom stereocenters. The lowest BCUT2D eigenvalue weighted by Crippen LogP contribution is -2.48. The van der Waals surface area contributed by atoms with Crippen molar-refractivity contribution < 1.29 is 14.3 Å². The smallest absolute Gasteiger partial charge is 0.315 e. The molecule has 5 heteroatoms. The number of urea groups is 1. The fourth-order valence-electron chi connectivity index (χ4n) is 3.92. The van der Waals surface area contributed by atoms with E-state index in [2.05, 4.69) is 22.8 Å². The first kappa shape index (κ1) is 14.8. The highest BCUT2D eigenvalue weighted by Gasteiger charge is 2.45. The van der Waals surface area contributed by atoms with Gasteiger partial charge < -0.3 is 20.1 Å². The monoisotopic (exact) mass is 316 g/mol. The topological polar surface area (TPSA) is 59.6 Å². The lowest BCUT2D eigenvalue weighted by molar-refractivity contribution is 0.0981. The molecule has 124 valence electrons. The van der Waals surface area contributed by atoms with Crippen molar-refractivity contribution in [3.8, 4) is 5.75 Å². The third-order valence-electron chi connectivity index (χ3n) is 5.57. The lowest BCUT2D eigenvalue weighted by Gasteiger charge is -2.22. The third-order valence-corrected chi connectivity index (χ3v) is 5.57. The van der Waals surface area contributed by atoms with Crippen LogP contribution >= 0.6 is 0 Å². The van der Waals surface area contributed by atoms with E-state index in [1.54, 1.807) is 7.11 Å². The molecule has 0 radical (unpaired) electrons.